The first-order valence-electron chi connectivity index (χ1n) is 4.10. The summed E-state index contributed by atoms with van der Waals surface area (Å²) in [6.45, 7) is 0. The molecule has 0 bridgehead atoms. The Bertz CT molecular complexity index is 237. The highest BCUT2D eigenvalue weighted by Gasteiger charge is 2.27. The van der Waals surface area contributed by atoms with Gasteiger partial charge in [0, 0.05) is 5.25 Å². The zero-order valence-electron chi connectivity index (χ0n) is 6.64. The standard InChI is InChI=1S/C8H11NO2S/c10-6-2-1-3-7(6)12-8-9-4-5-11-8/h4-7,10H,1-3H2/t6-,7-/m1/s1. The van der Waals surface area contributed by atoms with Crippen molar-refractivity contribution in [2.75, 3.05) is 0 Å². The fraction of sp³-hybridized carbons (Fsp3) is 0.625. The summed E-state index contributed by atoms with van der Waals surface area (Å²) in [6, 6.07) is 0. The number of aliphatic hydroxyl groups is 1. The molecule has 0 aromatic carbocycles. The second-order valence-electron chi connectivity index (χ2n) is 2.95. The zero-order valence-corrected chi connectivity index (χ0v) is 7.46. The largest absolute Gasteiger partial charge is 0.440 e. The van der Waals surface area contributed by atoms with E-state index in [1.54, 1.807) is 12.5 Å². The second-order valence-corrected chi connectivity index (χ2v) is 4.14. The van der Waals surface area contributed by atoms with Crippen molar-refractivity contribution < 1.29 is 9.52 Å². The molecule has 1 aromatic heterocycles. The molecule has 2 atom stereocenters. The monoisotopic (exact) mass is 185 g/mol. The van der Waals surface area contributed by atoms with Gasteiger partial charge in [-0.1, -0.05) is 11.8 Å². The van der Waals surface area contributed by atoms with Crippen LogP contribution in [0.4, 0.5) is 0 Å². The van der Waals surface area contributed by atoms with E-state index in [9.17, 15) is 5.11 Å². The molecule has 1 heterocycles. The van der Waals surface area contributed by atoms with Gasteiger partial charge >= 0.3 is 0 Å². The van der Waals surface area contributed by atoms with Crippen LogP contribution in [0.15, 0.2) is 22.1 Å². The minimum absolute atomic E-state index is 0.179. The molecule has 0 radical (unpaired) electrons. The van der Waals surface area contributed by atoms with E-state index in [4.69, 9.17) is 4.42 Å². The van der Waals surface area contributed by atoms with Crippen LogP contribution in [-0.4, -0.2) is 21.4 Å². The Hall–Kier alpha value is -0.480. The molecular formula is C8H11NO2S. The highest BCUT2D eigenvalue weighted by atomic mass is 32.2. The number of aromatic nitrogens is 1. The number of hydrogen-bond acceptors (Lipinski definition) is 4. The Morgan fingerprint density at radius 1 is 1.58 bits per heavy atom. The van der Waals surface area contributed by atoms with Crippen LogP contribution in [0.1, 0.15) is 19.3 Å². The highest BCUT2D eigenvalue weighted by molar-refractivity contribution is 7.99. The average molecular weight is 185 g/mol. The molecule has 66 valence electrons. The third kappa shape index (κ3) is 1.64. The molecule has 0 unspecified atom stereocenters. The van der Waals surface area contributed by atoms with Crippen LogP contribution >= 0.6 is 11.8 Å². The Balaban J connectivity index is 1.95. The van der Waals surface area contributed by atoms with Crippen molar-refractivity contribution in [2.24, 2.45) is 0 Å². The number of aliphatic hydroxyl groups excluding tert-OH is 1. The molecule has 12 heavy (non-hydrogen) atoms. The Kier molecular flexibility index (Phi) is 2.37. The molecule has 3 nitrogen and oxygen atoms in total. The van der Waals surface area contributed by atoms with E-state index < -0.39 is 0 Å². The number of rotatable bonds is 2. The predicted molar refractivity (Wildman–Crippen MR) is 46.0 cm³/mol. The van der Waals surface area contributed by atoms with Gasteiger partial charge in [-0.3, -0.25) is 0 Å². The zero-order chi connectivity index (χ0) is 8.39. The van der Waals surface area contributed by atoms with Crippen LogP contribution in [0.2, 0.25) is 0 Å². The lowest BCUT2D eigenvalue weighted by Gasteiger charge is -2.10. The fourth-order valence-electron chi connectivity index (χ4n) is 1.44. The molecule has 1 aliphatic rings. The van der Waals surface area contributed by atoms with Crippen molar-refractivity contribution >= 4 is 11.8 Å². The first-order chi connectivity index (χ1) is 5.86. The fourth-order valence-corrected chi connectivity index (χ4v) is 2.51. The van der Waals surface area contributed by atoms with Crippen molar-refractivity contribution in [3.8, 4) is 0 Å². The van der Waals surface area contributed by atoms with Crippen LogP contribution in [0.3, 0.4) is 0 Å². The highest BCUT2D eigenvalue weighted by Crippen LogP contribution is 2.33. The van der Waals surface area contributed by atoms with Gasteiger partial charge in [-0.05, 0) is 19.3 Å². The van der Waals surface area contributed by atoms with Gasteiger partial charge in [-0.15, -0.1) is 0 Å². The van der Waals surface area contributed by atoms with Gasteiger partial charge in [0.05, 0.1) is 12.3 Å². The quantitative estimate of drug-likeness (QED) is 0.761. The van der Waals surface area contributed by atoms with Crippen LogP contribution in [0.25, 0.3) is 0 Å². The smallest absolute Gasteiger partial charge is 0.255 e. The maximum atomic E-state index is 9.50. The molecule has 0 aliphatic heterocycles. The number of hydrogen-bond donors (Lipinski definition) is 1. The lowest BCUT2D eigenvalue weighted by atomic mass is 10.3. The SMILES string of the molecule is O[C@@H]1CCC[C@H]1Sc1ncco1. The molecule has 2 rings (SSSR count). The molecule has 0 saturated heterocycles. The molecule has 0 spiro atoms. The molecule has 1 N–H and O–H groups in total. The lowest BCUT2D eigenvalue weighted by molar-refractivity contribution is 0.187. The Morgan fingerprint density at radius 2 is 2.50 bits per heavy atom. The van der Waals surface area contributed by atoms with Crippen molar-refractivity contribution in [3.05, 3.63) is 12.5 Å². The van der Waals surface area contributed by atoms with Crippen molar-refractivity contribution in [2.45, 2.75) is 35.8 Å². The molecule has 1 saturated carbocycles. The second kappa shape index (κ2) is 3.49. The summed E-state index contributed by atoms with van der Waals surface area (Å²) in [6.07, 6.45) is 6.10. The first-order valence-corrected chi connectivity index (χ1v) is 4.98. The molecule has 4 heteroatoms. The van der Waals surface area contributed by atoms with Crippen molar-refractivity contribution in [1.82, 2.24) is 4.98 Å². The van der Waals surface area contributed by atoms with E-state index in [0.717, 1.165) is 19.3 Å². The van der Waals surface area contributed by atoms with Crippen LogP contribution < -0.4 is 0 Å². The average Bonchev–Trinajstić information content (AvgIpc) is 2.65. The number of thioether (sulfide) groups is 1. The molecule has 1 fully saturated rings. The van der Waals surface area contributed by atoms with Crippen LogP contribution in [-0.2, 0) is 0 Å². The van der Waals surface area contributed by atoms with E-state index in [1.165, 1.54) is 11.8 Å². The summed E-state index contributed by atoms with van der Waals surface area (Å²) in [4.78, 5) is 4.00. The minimum Gasteiger partial charge on any atom is -0.440 e. The van der Waals surface area contributed by atoms with Crippen molar-refractivity contribution in [1.29, 1.82) is 0 Å². The van der Waals surface area contributed by atoms with Gasteiger partial charge in [0.1, 0.15) is 6.26 Å². The summed E-state index contributed by atoms with van der Waals surface area (Å²) < 4.78 is 5.08. The van der Waals surface area contributed by atoms with E-state index >= 15 is 0 Å². The number of oxazole rings is 1. The molecular weight excluding hydrogens is 174 g/mol. The first kappa shape index (κ1) is 8.13. The lowest BCUT2D eigenvalue weighted by Crippen LogP contribution is -2.14. The van der Waals surface area contributed by atoms with E-state index in [0.29, 0.717) is 5.22 Å². The van der Waals surface area contributed by atoms with Gasteiger partial charge in [-0.25, -0.2) is 4.98 Å². The van der Waals surface area contributed by atoms with E-state index in [1.807, 2.05) is 0 Å². The predicted octanol–water partition coefficient (Wildman–Crippen LogP) is 1.68. The summed E-state index contributed by atoms with van der Waals surface area (Å²) in [7, 11) is 0. The Morgan fingerprint density at radius 3 is 3.08 bits per heavy atom. The summed E-state index contributed by atoms with van der Waals surface area (Å²) in [5.41, 5.74) is 0. The maximum absolute atomic E-state index is 9.50. The van der Waals surface area contributed by atoms with Crippen LogP contribution in [0, 0.1) is 0 Å². The van der Waals surface area contributed by atoms with E-state index in [-0.39, 0.29) is 11.4 Å². The van der Waals surface area contributed by atoms with Gasteiger partial charge in [0.2, 0.25) is 0 Å². The Labute approximate surface area is 75.2 Å². The summed E-state index contributed by atoms with van der Waals surface area (Å²) in [5, 5.41) is 10.4. The number of nitrogens with zero attached hydrogens (tertiary/aromatic N) is 1. The van der Waals surface area contributed by atoms with E-state index in [2.05, 4.69) is 4.98 Å². The van der Waals surface area contributed by atoms with Gasteiger partial charge in [0.25, 0.3) is 5.22 Å². The minimum atomic E-state index is -0.179. The third-order valence-electron chi connectivity index (χ3n) is 2.08. The summed E-state index contributed by atoms with van der Waals surface area (Å²) in [5.74, 6) is 0. The van der Waals surface area contributed by atoms with Gasteiger partial charge in [0.15, 0.2) is 0 Å². The normalized spacial score (nSPS) is 29.4. The molecule has 1 aromatic rings. The van der Waals surface area contributed by atoms with Crippen LogP contribution in [0.5, 0.6) is 0 Å². The topological polar surface area (TPSA) is 46.3 Å². The molecule has 1 aliphatic carbocycles. The van der Waals surface area contributed by atoms with Gasteiger partial charge < -0.3 is 9.52 Å². The molecule has 0 amide bonds. The summed E-state index contributed by atoms with van der Waals surface area (Å²) >= 11 is 1.54. The third-order valence-corrected chi connectivity index (χ3v) is 3.34. The van der Waals surface area contributed by atoms with Crippen molar-refractivity contribution in [3.63, 3.8) is 0 Å². The maximum Gasteiger partial charge on any atom is 0.255 e. The van der Waals surface area contributed by atoms with Gasteiger partial charge in [-0.2, -0.15) is 0 Å².